The van der Waals surface area contributed by atoms with Crippen LogP contribution in [0, 0.1) is 0 Å². The van der Waals surface area contributed by atoms with E-state index in [-0.39, 0.29) is 12.0 Å². The Balaban J connectivity index is 2.08. The molecule has 0 bridgehead atoms. The largest absolute Gasteiger partial charge is 0.365 e. The van der Waals surface area contributed by atoms with Crippen molar-refractivity contribution in [2.45, 2.75) is 37.6 Å². The maximum absolute atomic E-state index is 5.85. The third-order valence-corrected chi connectivity index (χ3v) is 2.52. The molecular weight excluding hydrogens is 168 g/mol. The van der Waals surface area contributed by atoms with Gasteiger partial charge in [-0.15, -0.1) is 0 Å². The predicted molar refractivity (Wildman–Crippen MR) is 47.9 cm³/mol. The summed E-state index contributed by atoms with van der Waals surface area (Å²) < 4.78 is 5.01. The fraction of sp³-hybridized carbons (Fsp3) is 0.750. The number of rotatable bonds is 1. The highest BCUT2D eigenvalue weighted by Crippen LogP contribution is 2.31. The molecule has 1 fully saturated rings. The van der Waals surface area contributed by atoms with Crippen molar-refractivity contribution < 1.29 is 4.52 Å². The number of anilines is 1. The molecule has 2 rings (SSSR count). The molecule has 2 atom stereocenters. The van der Waals surface area contributed by atoms with Crippen LogP contribution in [0.5, 0.6) is 0 Å². The van der Waals surface area contributed by atoms with E-state index in [1.807, 2.05) is 0 Å². The van der Waals surface area contributed by atoms with Crippen LogP contribution in [-0.2, 0) is 0 Å². The van der Waals surface area contributed by atoms with Gasteiger partial charge in [-0.25, -0.2) is 0 Å². The van der Waals surface area contributed by atoms with Crippen LogP contribution >= 0.6 is 0 Å². The molecule has 72 valence electrons. The van der Waals surface area contributed by atoms with Gasteiger partial charge in [-0.05, 0) is 24.4 Å². The summed E-state index contributed by atoms with van der Waals surface area (Å²) in [6.45, 7) is 0. The number of nitrogens with zero attached hydrogens (tertiary/aromatic N) is 2. The van der Waals surface area contributed by atoms with E-state index >= 15 is 0 Å². The van der Waals surface area contributed by atoms with Crippen LogP contribution in [-0.4, -0.2) is 16.2 Å². The topological polar surface area (TPSA) is 91.0 Å². The highest BCUT2D eigenvalue weighted by Gasteiger charge is 2.24. The Morgan fingerprint density at radius 1 is 1.38 bits per heavy atom. The van der Waals surface area contributed by atoms with Crippen molar-refractivity contribution in [3.63, 3.8) is 0 Å². The molecule has 1 saturated carbocycles. The van der Waals surface area contributed by atoms with Crippen LogP contribution in [0.4, 0.5) is 5.95 Å². The van der Waals surface area contributed by atoms with Crippen molar-refractivity contribution in [3.05, 3.63) is 5.89 Å². The van der Waals surface area contributed by atoms with Gasteiger partial charge in [-0.1, -0.05) is 6.42 Å². The first kappa shape index (κ1) is 8.50. The summed E-state index contributed by atoms with van der Waals surface area (Å²) in [5, 5.41) is 3.57. The Kier molecular flexibility index (Phi) is 2.18. The minimum absolute atomic E-state index is 0.217. The van der Waals surface area contributed by atoms with E-state index in [4.69, 9.17) is 16.0 Å². The average Bonchev–Trinajstić information content (AvgIpc) is 2.52. The van der Waals surface area contributed by atoms with Crippen molar-refractivity contribution in [1.82, 2.24) is 10.1 Å². The van der Waals surface area contributed by atoms with Crippen LogP contribution in [0.1, 0.15) is 37.5 Å². The molecule has 1 heterocycles. The molecule has 0 aliphatic heterocycles. The molecule has 5 heteroatoms. The molecule has 1 aliphatic rings. The summed E-state index contributed by atoms with van der Waals surface area (Å²) >= 11 is 0. The van der Waals surface area contributed by atoms with Crippen molar-refractivity contribution in [3.8, 4) is 0 Å². The van der Waals surface area contributed by atoms with Crippen LogP contribution < -0.4 is 11.5 Å². The van der Waals surface area contributed by atoms with Crippen LogP contribution in [0.25, 0.3) is 0 Å². The Hall–Kier alpha value is -1.10. The van der Waals surface area contributed by atoms with Crippen LogP contribution in [0.3, 0.4) is 0 Å². The van der Waals surface area contributed by atoms with Gasteiger partial charge < -0.3 is 16.0 Å². The second-order valence-electron chi connectivity index (χ2n) is 3.61. The molecule has 0 aromatic carbocycles. The number of aromatic nitrogens is 2. The lowest BCUT2D eigenvalue weighted by atomic mass is 9.86. The third kappa shape index (κ3) is 1.80. The van der Waals surface area contributed by atoms with Gasteiger partial charge in [0.25, 0.3) is 5.95 Å². The normalized spacial score (nSPS) is 29.0. The SMILES string of the molecule is Nc1noc(C2CCCC(N)C2)n1. The summed E-state index contributed by atoms with van der Waals surface area (Å²) in [7, 11) is 0. The molecule has 1 aromatic rings. The fourth-order valence-corrected chi connectivity index (χ4v) is 1.86. The van der Waals surface area contributed by atoms with Gasteiger partial charge in [0.1, 0.15) is 0 Å². The van der Waals surface area contributed by atoms with E-state index in [1.165, 1.54) is 0 Å². The average molecular weight is 182 g/mol. The first-order valence-corrected chi connectivity index (χ1v) is 4.60. The summed E-state index contributed by atoms with van der Waals surface area (Å²) in [6.07, 6.45) is 4.24. The van der Waals surface area contributed by atoms with Gasteiger partial charge >= 0.3 is 0 Å². The molecule has 2 unspecified atom stereocenters. The molecule has 4 N–H and O–H groups in total. The molecule has 5 nitrogen and oxygen atoms in total. The van der Waals surface area contributed by atoms with Gasteiger partial charge in [-0.3, -0.25) is 0 Å². The second kappa shape index (κ2) is 3.33. The van der Waals surface area contributed by atoms with E-state index in [1.54, 1.807) is 0 Å². The van der Waals surface area contributed by atoms with Gasteiger partial charge in [0.2, 0.25) is 5.89 Å². The molecule has 0 amide bonds. The minimum atomic E-state index is 0.217. The highest BCUT2D eigenvalue weighted by atomic mass is 16.5. The molecule has 0 radical (unpaired) electrons. The molecule has 1 aromatic heterocycles. The van der Waals surface area contributed by atoms with Crippen molar-refractivity contribution in [1.29, 1.82) is 0 Å². The summed E-state index contributed by atoms with van der Waals surface area (Å²) in [5.41, 5.74) is 11.2. The Labute approximate surface area is 76.5 Å². The predicted octanol–water partition coefficient (Wildman–Crippen LogP) is 0.637. The monoisotopic (exact) mass is 182 g/mol. The second-order valence-corrected chi connectivity index (χ2v) is 3.61. The Morgan fingerprint density at radius 2 is 2.23 bits per heavy atom. The maximum Gasteiger partial charge on any atom is 0.260 e. The molecule has 13 heavy (non-hydrogen) atoms. The van der Waals surface area contributed by atoms with E-state index in [0.717, 1.165) is 25.7 Å². The summed E-state index contributed by atoms with van der Waals surface area (Å²) in [4.78, 5) is 4.01. The lowest BCUT2D eigenvalue weighted by Gasteiger charge is -2.23. The number of hydrogen-bond acceptors (Lipinski definition) is 5. The molecular formula is C8H14N4O. The lowest BCUT2D eigenvalue weighted by Crippen LogP contribution is -2.26. The smallest absolute Gasteiger partial charge is 0.260 e. The Morgan fingerprint density at radius 3 is 2.85 bits per heavy atom. The van der Waals surface area contributed by atoms with E-state index in [0.29, 0.717) is 11.8 Å². The van der Waals surface area contributed by atoms with Gasteiger partial charge in [0.05, 0.1) is 0 Å². The zero-order chi connectivity index (χ0) is 9.26. The van der Waals surface area contributed by atoms with Crippen molar-refractivity contribution in [2.75, 3.05) is 5.73 Å². The number of nitrogen functional groups attached to an aromatic ring is 1. The van der Waals surface area contributed by atoms with E-state index in [2.05, 4.69) is 10.1 Å². The van der Waals surface area contributed by atoms with Gasteiger partial charge in [-0.2, -0.15) is 4.98 Å². The fourth-order valence-electron chi connectivity index (χ4n) is 1.86. The van der Waals surface area contributed by atoms with Gasteiger partial charge in [0.15, 0.2) is 0 Å². The molecule has 1 aliphatic carbocycles. The van der Waals surface area contributed by atoms with Gasteiger partial charge in [0, 0.05) is 12.0 Å². The highest BCUT2D eigenvalue weighted by molar-refractivity contribution is 5.12. The Bertz CT molecular complexity index is 285. The van der Waals surface area contributed by atoms with Crippen molar-refractivity contribution >= 4 is 5.95 Å². The zero-order valence-electron chi connectivity index (χ0n) is 7.44. The zero-order valence-corrected chi connectivity index (χ0v) is 7.44. The maximum atomic E-state index is 5.85. The van der Waals surface area contributed by atoms with Crippen LogP contribution in [0.15, 0.2) is 4.52 Å². The van der Waals surface area contributed by atoms with Crippen LogP contribution in [0.2, 0.25) is 0 Å². The first-order valence-electron chi connectivity index (χ1n) is 4.60. The standard InChI is InChI=1S/C8H14N4O/c9-6-3-1-2-5(4-6)7-11-8(10)12-13-7/h5-6H,1-4,9H2,(H2,10,12). The van der Waals surface area contributed by atoms with Crippen molar-refractivity contribution in [2.24, 2.45) is 5.73 Å². The molecule has 0 spiro atoms. The summed E-state index contributed by atoms with van der Waals surface area (Å²) in [6, 6.07) is 0.270. The minimum Gasteiger partial charge on any atom is -0.365 e. The lowest BCUT2D eigenvalue weighted by molar-refractivity contribution is 0.299. The number of nitrogens with two attached hydrogens (primary N) is 2. The number of hydrogen-bond donors (Lipinski definition) is 2. The molecule has 0 saturated heterocycles. The first-order chi connectivity index (χ1) is 6.25. The van der Waals surface area contributed by atoms with E-state index < -0.39 is 0 Å². The quantitative estimate of drug-likeness (QED) is 0.665. The third-order valence-electron chi connectivity index (χ3n) is 2.52. The van der Waals surface area contributed by atoms with E-state index in [9.17, 15) is 0 Å². The summed E-state index contributed by atoms with van der Waals surface area (Å²) in [5.74, 6) is 1.18.